The number of ether oxygens (including phenoxy) is 2. The summed E-state index contributed by atoms with van der Waals surface area (Å²) in [4.78, 5) is 33.2. The molecule has 5 N–H and O–H groups in total. The number of nitrogens with one attached hydrogen (secondary N) is 5. The molecule has 1 aromatic carbocycles. The Balaban J connectivity index is 1.41. The van der Waals surface area contributed by atoms with Gasteiger partial charge in [0, 0.05) is 61.9 Å². The van der Waals surface area contributed by atoms with Crippen molar-refractivity contribution in [3.05, 3.63) is 71.4 Å². The van der Waals surface area contributed by atoms with Crippen molar-refractivity contribution in [1.29, 1.82) is 0 Å². The van der Waals surface area contributed by atoms with Crippen molar-refractivity contribution in [2.45, 2.75) is 38.3 Å². The molecule has 10 nitrogen and oxygen atoms in total. The van der Waals surface area contributed by atoms with E-state index in [4.69, 9.17) is 9.47 Å². The van der Waals surface area contributed by atoms with Crippen LogP contribution in [0.1, 0.15) is 41.9 Å². The van der Waals surface area contributed by atoms with Crippen LogP contribution in [0.25, 0.3) is 11.3 Å². The molecule has 0 bridgehead atoms. The van der Waals surface area contributed by atoms with Crippen molar-refractivity contribution in [3.63, 3.8) is 0 Å². The van der Waals surface area contributed by atoms with E-state index in [0.717, 1.165) is 18.7 Å². The lowest BCUT2D eigenvalue weighted by atomic mass is 10.0. The third-order valence-corrected chi connectivity index (χ3v) is 7.16. The van der Waals surface area contributed by atoms with Gasteiger partial charge in [-0.1, -0.05) is 24.0 Å². The second-order valence-corrected chi connectivity index (χ2v) is 10.8. The third kappa shape index (κ3) is 7.05. The molecule has 2 aliphatic rings. The van der Waals surface area contributed by atoms with E-state index < -0.39 is 11.4 Å². The first-order valence-electron chi connectivity index (χ1n) is 14.2. The number of hydrogen-bond acceptors (Lipinski definition) is 7. The molecule has 5 rings (SSSR count). The monoisotopic (exact) mass is 586 g/mol. The highest BCUT2D eigenvalue weighted by Crippen LogP contribution is 2.40. The maximum Gasteiger partial charge on any atom is 0.255 e. The molecule has 11 heteroatoms. The van der Waals surface area contributed by atoms with Crippen LogP contribution in [0.4, 0.5) is 15.8 Å². The first kappa shape index (κ1) is 29.8. The standard InChI is InChI=1S/C32H35FN6O4/c1-32(2,39-26(40)8-5-14-35-21-12-17-43-19-21)13-9-20-18-34-15-10-22(20)28-29(27-24(37-28)11-16-36-31(27)41)38-25-7-4-6-23(33)30(25)42-3/h4-8,10,15,18,21,35,37-38H,11-12,14,16-17,19H2,1-3H3,(H,36,41)(H,39,40)/b8-5+/t21-/m0/s1. The zero-order valence-corrected chi connectivity index (χ0v) is 24.4. The molecule has 43 heavy (non-hydrogen) atoms. The van der Waals surface area contributed by atoms with Crippen LogP contribution in [0.15, 0.2) is 48.8 Å². The van der Waals surface area contributed by atoms with Crippen molar-refractivity contribution < 1.29 is 23.5 Å². The Bertz CT molecular complexity index is 1600. The lowest BCUT2D eigenvalue weighted by Gasteiger charge is -2.19. The van der Waals surface area contributed by atoms with Crippen molar-refractivity contribution in [1.82, 2.24) is 25.9 Å². The van der Waals surface area contributed by atoms with Crippen LogP contribution in [0.2, 0.25) is 0 Å². The normalized spacial score (nSPS) is 16.3. The van der Waals surface area contributed by atoms with Gasteiger partial charge in [0.1, 0.15) is 0 Å². The number of para-hydroxylation sites is 1. The van der Waals surface area contributed by atoms with Gasteiger partial charge in [-0.25, -0.2) is 4.39 Å². The van der Waals surface area contributed by atoms with Gasteiger partial charge in [0.25, 0.3) is 5.91 Å². The SMILES string of the molecule is COc1c(F)cccc1Nc1c(-c2ccncc2C#CC(C)(C)NC(=O)/C=C/CN[C@H]2CCOC2)[nH]c2c1C(=O)NCC2. The fourth-order valence-corrected chi connectivity index (χ4v) is 5.07. The zero-order chi connectivity index (χ0) is 30.4. The van der Waals surface area contributed by atoms with Crippen molar-refractivity contribution in [2.24, 2.45) is 0 Å². The highest BCUT2D eigenvalue weighted by molar-refractivity contribution is 6.06. The van der Waals surface area contributed by atoms with Gasteiger partial charge in [-0.15, -0.1) is 0 Å². The molecule has 0 aliphatic carbocycles. The predicted octanol–water partition coefficient (Wildman–Crippen LogP) is 3.43. The summed E-state index contributed by atoms with van der Waals surface area (Å²) in [6.07, 6.45) is 8.10. The number of aromatic nitrogens is 2. The maximum absolute atomic E-state index is 14.5. The molecule has 0 spiro atoms. The minimum atomic E-state index is -0.855. The molecule has 2 aliphatic heterocycles. The largest absolute Gasteiger partial charge is 0.492 e. The van der Waals surface area contributed by atoms with E-state index in [9.17, 15) is 14.0 Å². The average Bonchev–Trinajstić information content (AvgIpc) is 3.63. The molecular formula is C32H35FN6O4. The van der Waals surface area contributed by atoms with E-state index in [1.54, 1.807) is 36.7 Å². The van der Waals surface area contributed by atoms with Crippen LogP contribution in [0, 0.1) is 17.7 Å². The molecule has 0 radical (unpaired) electrons. The molecule has 0 unspecified atom stereocenters. The Kier molecular flexibility index (Phi) is 9.09. The lowest BCUT2D eigenvalue weighted by Crippen LogP contribution is -2.41. The maximum atomic E-state index is 14.5. The lowest BCUT2D eigenvalue weighted by molar-refractivity contribution is -0.117. The van der Waals surface area contributed by atoms with Gasteiger partial charge in [-0.2, -0.15) is 0 Å². The average molecular weight is 587 g/mol. The molecule has 2 aromatic heterocycles. The Hall–Kier alpha value is -4.66. The summed E-state index contributed by atoms with van der Waals surface area (Å²) < 4.78 is 25.2. The minimum Gasteiger partial charge on any atom is -0.492 e. The highest BCUT2D eigenvalue weighted by atomic mass is 19.1. The van der Waals surface area contributed by atoms with Crippen LogP contribution in [-0.4, -0.2) is 66.8 Å². The van der Waals surface area contributed by atoms with Gasteiger partial charge < -0.3 is 35.7 Å². The van der Waals surface area contributed by atoms with Gasteiger partial charge in [0.2, 0.25) is 5.91 Å². The number of amides is 2. The summed E-state index contributed by atoms with van der Waals surface area (Å²) in [6, 6.07) is 6.66. The first-order valence-corrected chi connectivity index (χ1v) is 14.2. The second kappa shape index (κ2) is 13.1. The van der Waals surface area contributed by atoms with Gasteiger partial charge in [0.15, 0.2) is 11.6 Å². The second-order valence-electron chi connectivity index (χ2n) is 10.8. The van der Waals surface area contributed by atoms with E-state index >= 15 is 0 Å². The smallest absolute Gasteiger partial charge is 0.255 e. The summed E-state index contributed by atoms with van der Waals surface area (Å²) in [5.41, 5.74) is 3.05. The number of aromatic amines is 1. The molecule has 1 fully saturated rings. The number of carbonyl (C=O) groups excluding carboxylic acids is 2. The number of anilines is 2. The Morgan fingerprint density at radius 1 is 1.33 bits per heavy atom. The molecule has 1 saturated heterocycles. The van der Waals surface area contributed by atoms with Crippen LogP contribution in [-0.2, 0) is 16.0 Å². The summed E-state index contributed by atoms with van der Waals surface area (Å²) in [5, 5.41) is 12.4. The van der Waals surface area contributed by atoms with Crippen molar-refractivity contribution >= 4 is 23.2 Å². The topological polar surface area (TPSA) is 129 Å². The number of methoxy groups -OCH3 is 1. The fraction of sp³-hybridized carbons (Fsp3) is 0.344. The number of benzene rings is 1. The van der Waals surface area contributed by atoms with Crippen LogP contribution >= 0.6 is 0 Å². The predicted molar refractivity (Wildman–Crippen MR) is 162 cm³/mol. The van der Waals surface area contributed by atoms with Gasteiger partial charge >= 0.3 is 0 Å². The van der Waals surface area contributed by atoms with E-state index in [0.29, 0.717) is 65.9 Å². The first-order chi connectivity index (χ1) is 20.8. The van der Waals surface area contributed by atoms with Crippen LogP contribution < -0.4 is 26.0 Å². The number of hydrogen-bond donors (Lipinski definition) is 5. The molecule has 224 valence electrons. The molecular weight excluding hydrogens is 551 g/mol. The third-order valence-electron chi connectivity index (χ3n) is 7.16. The van der Waals surface area contributed by atoms with Gasteiger partial charge in [-0.3, -0.25) is 14.6 Å². The van der Waals surface area contributed by atoms with Gasteiger partial charge in [-0.05, 0) is 38.5 Å². The quantitative estimate of drug-likeness (QED) is 0.192. The fourth-order valence-electron chi connectivity index (χ4n) is 5.07. The Labute approximate surface area is 249 Å². The minimum absolute atomic E-state index is 0.0317. The van der Waals surface area contributed by atoms with E-state index in [2.05, 4.69) is 43.1 Å². The van der Waals surface area contributed by atoms with Crippen molar-refractivity contribution in [2.75, 3.05) is 38.7 Å². The summed E-state index contributed by atoms with van der Waals surface area (Å²) in [6.45, 7) is 6.14. The molecule has 3 aromatic rings. The summed E-state index contributed by atoms with van der Waals surface area (Å²) in [7, 11) is 1.39. The number of H-pyrrole nitrogens is 1. The van der Waals surface area contributed by atoms with Crippen LogP contribution in [0.5, 0.6) is 5.75 Å². The Morgan fingerprint density at radius 2 is 2.19 bits per heavy atom. The van der Waals surface area contributed by atoms with Crippen LogP contribution in [0.3, 0.4) is 0 Å². The molecule has 0 saturated carbocycles. The summed E-state index contributed by atoms with van der Waals surface area (Å²) in [5.74, 6) is 5.31. The number of carbonyl (C=O) groups is 2. The number of fused-ring (bicyclic) bond motifs is 1. The molecule has 2 amide bonds. The van der Waals surface area contributed by atoms with E-state index in [1.807, 2.05) is 13.8 Å². The summed E-state index contributed by atoms with van der Waals surface area (Å²) >= 11 is 0. The van der Waals surface area contributed by atoms with E-state index in [-0.39, 0.29) is 17.6 Å². The Morgan fingerprint density at radius 3 is 2.98 bits per heavy atom. The number of nitrogens with zero attached hydrogens (tertiary/aromatic N) is 1. The zero-order valence-electron chi connectivity index (χ0n) is 24.4. The number of rotatable bonds is 9. The number of pyridine rings is 1. The molecule has 4 heterocycles. The highest BCUT2D eigenvalue weighted by Gasteiger charge is 2.28. The van der Waals surface area contributed by atoms with Gasteiger partial charge in [0.05, 0.1) is 47.5 Å². The van der Waals surface area contributed by atoms with E-state index in [1.165, 1.54) is 19.3 Å². The van der Waals surface area contributed by atoms with Crippen molar-refractivity contribution in [3.8, 4) is 28.8 Å². The number of halogens is 1. The molecule has 1 atom stereocenters.